The highest BCUT2D eigenvalue weighted by atomic mass is 19.4. The highest BCUT2D eigenvalue weighted by Crippen LogP contribution is 2.34. The second-order valence-electron chi connectivity index (χ2n) is 7.07. The Morgan fingerprint density at radius 2 is 1.97 bits per heavy atom. The second-order valence-corrected chi connectivity index (χ2v) is 7.07. The molecule has 9 heteroatoms. The second kappa shape index (κ2) is 7.46. The van der Waals surface area contributed by atoms with Crippen molar-refractivity contribution in [3.63, 3.8) is 0 Å². The Hall–Kier alpha value is -2.97. The number of aromatic nitrogens is 4. The number of nitrogens with zero attached hydrogens (tertiary/aromatic N) is 5. The van der Waals surface area contributed by atoms with Gasteiger partial charge in [0.1, 0.15) is 5.69 Å². The summed E-state index contributed by atoms with van der Waals surface area (Å²) >= 11 is 0. The number of halogens is 3. The van der Waals surface area contributed by atoms with Crippen LogP contribution in [0.1, 0.15) is 59.7 Å². The normalized spacial score (nSPS) is 17.7. The molecule has 1 fully saturated rings. The first kappa shape index (κ1) is 19.4. The molecule has 1 amide bonds. The molecule has 1 aliphatic rings. The molecule has 0 aliphatic carbocycles. The smallest absolute Gasteiger partial charge is 0.330 e. The van der Waals surface area contributed by atoms with Crippen molar-refractivity contribution in [2.45, 2.75) is 44.8 Å². The molecular weight excluding hydrogens is 383 g/mol. The first-order chi connectivity index (χ1) is 13.9. The predicted octanol–water partition coefficient (Wildman–Crippen LogP) is 4.07. The number of alkyl halides is 3. The van der Waals surface area contributed by atoms with E-state index in [0.717, 1.165) is 23.4 Å². The maximum atomic E-state index is 13.6. The topological polar surface area (TPSA) is 63.4 Å². The van der Waals surface area contributed by atoms with Crippen LogP contribution in [0.5, 0.6) is 0 Å². The van der Waals surface area contributed by atoms with Gasteiger partial charge in [-0.15, -0.1) is 0 Å². The van der Waals surface area contributed by atoms with Crippen LogP contribution in [0.4, 0.5) is 13.2 Å². The van der Waals surface area contributed by atoms with Crippen LogP contribution in [-0.2, 0) is 12.6 Å². The highest BCUT2D eigenvalue weighted by Gasteiger charge is 2.36. The summed E-state index contributed by atoms with van der Waals surface area (Å²) in [6.07, 6.45) is 1.28. The summed E-state index contributed by atoms with van der Waals surface area (Å²) in [7, 11) is 0. The number of fused-ring (bicyclic) bond motifs is 1. The van der Waals surface area contributed by atoms with Gasteiger partial charge in [-0.2, -0.15) is 18.3 Å². The molecular formula is C20H20F3N5O. The zero-order valence-corrected chi connectivity index (χ0v) is 15.9. The van der Waals surface area contributed by atoms with Crippen LogP contribution < -0.4 is 0 Å². The lowest BCUT2D eigenvalue weighted by Gasteiger charge is -2.34. The molecule has 4 heterocycles. The molecule has 3 aromatic rings. The van der Waals surface area contributed by atoms with Crippen molar-refractivity contribution in [2.75, 3.05) is 6.54 Å². The van der Waals surface area contributed by atoms with E-state index in [0.29, 0.717) is 36.3 Å². The van der Waals surface area contributed by atoms with E-state index in [1.54, 1.807) is 42.4 Å². The van der Waals surface area contributed by atoms with Gasteiger partial charge in [-0.3, -0.25) is 9.78 Å². The van der Waals surface area contributed by atoms with E-state index in [2.05, 4.69) is 15.1 Å². The van der Waals surface area contributed by atoms with Crippen molar-refractivity contribution < 1.29 is 18.0 Å². The summed E-state index contributed by atoms with van der Waals surface area (Å²) in [4.78, 5) is 22.9. The molecule has 1 atom stereocenters. The zero-order chi connectivity index (χ0) is 20.6. The van der Waals surface area contributed by atoms with E-state index in [1.165, 1.54) is 0 Å². The van der Waals surface area contributed by atoms with Gasteiger partial charge in [0.2, 0.25) is 0 Å². The standard InChI is InChI=1S/C20H20F3N5O/c1-2-14-11-17(20(21,22)23)28-18(25-14)12-15(26-28)16-5-3-4-10-27(16)19(29)13-6-8-24-9-7-13/h6-9,11-12,16H,2-5,10H2,1H3. The summed E-state index contributed by atoms with van der Waals surface area (Å²) < 4.78 is 41.5. The number of hydrogen-bond donors (Lipinski definition) is 0. The summed E-state index contributed by atoms with van der Waals surface area (Å²) in [6, 6.07) is 5.47. The van der Waals surface area contributed by atoms with E-state index in [-0.39, 0.29) is 11.6 Å². The van der Waals surface area contributed by atoms with Crippen molar-refractivity contribution in [2.24, 2.45) is 0 Å². The van der Waals surface area contributed by atoms with Crippen LogP contribution in [0.2, 0.25) is 0 Å². The molecule has 1 saturated heterocycles. The molecule has 4 rings (SSSR count). The quantitative estimate of drug-likeness (QED) is 0.661. The Balaban J connectivity index is 1.77. The molecule has 0 radical (unpaired) electrons. The maximum absolute atomic E-state index is 13.6. The monoisotopic (exact) mass is 403 g/mol. The van der Waals surface area contributed by atoms with E-state index >= 15 is 0 Å². The third-order valence-electron chi connectivity index (χ3n) is 5.18. The molecule has 0 bridgehead atoms. The Morgan fingerprint density at radius 3 is 2.66 bits per heavy atom. The van der Waals surface area contributed by atoms with Crippen molar-refractivity contribution in [3.8, 4) is 0 Å². The zero-order valence-electron chi connectivity index (χ0n) is 15.9. The number of carbonyl (C=O) groups excluding carboxylic acids is 1. The molecule has 29 heavy (non-hydrogen) atoms. The van der Waals surface area contributed by atoms with Gasteiger partial charge in [0.25, 0.3) is 5.91 Å². The van der Waals surface area contributed by atoms with E-state index in [4.69, 9.17) is 0 Å². The van der Waals surface area contributed by atoms with Crippen LogP contribution >= 0.6 is 0 Å². The van der Waals surface area contributed by atoms with Gasteiger partial charge in [0.05, 0.1) is 11.7 Å². The number of piperidine rings is 1. The Bertz CT molecular complexity index is 1030. The predicted molar refractivity (Wildman–Crippen MR) is 99.2 cm³/mol. The Kier molecular flexibility index (Phi) is 4.97. The third kappa shape index (κ3) is 3.68. The van der Waals surface area contributed by atoms with Gasteiger partial charge in [-0.25, -0.2) is 9.50 Å². The number of hydrogen-bond acceptors (Lipinski definition) is 4. The summed E-state index contributed by atoms with van der Waals surface area (Å²) in [6.45, 7) is 2.28. The average Bonchev–Trinajstić information content (AvgIpc) is 3.16. The Morgan fingerprint density at radius 1 is 1.21 bits per heavy atom. The number of rotatable bonds is 3. The summed E-state index contributed by atoms with van der Waals surface area (Å²) in [5.41, 5.74) is 0.572. The van der Waals surface area contributed by atoms with Crippen molar-refractivity contribution in [1.82, 2.24) is 24.5 Å². The van der Waals surface area contributed by atoms with E-state index in [1.807, 2.05) is 0 Å². The summed E-state index contributed by atoms with van der Waals surface area (Å²) in [5.74, 6) is -0.174. The number of pyridine rings is 1. The SMILES string of the molecule is CCc1cc(C(F)(F)F)n2nc(C3CCCCN3C(=O)c3ccncc3)cc2n1. The summed E-state index contributed by atoms with van der Waals surface area (Å²) in [5, 5.41) is 4.23. The van der Waals surface area contributed by atoms with Crippen molar-refractivity contribution >= 4 is 11.6 Å². The molecule has 3 aromatic heterocycles. The van der Waals surface area contributed by atoms with Crippen molar-refractivity contribution in [1.29, 1.82) is 0 Å². The molecule has 0 saturated carbocycles. The first-order valence-electron chi connectivity index (χ1n) is 9.56. The number of carbonyl (C=O) groups is 1. The van der Waals surface area contributed by atoms with Gasteiger partial charge >= 0.3 is 6.18 Å². The minimum Gasteiger partial charge on any atom is -0.330 e. The fourth-order valence-electron chi connectivity index (χ4n) is 3.73. The van der Waals surface area contributed by atoms with Gasteiger partial charge in [0.15, 0.2) is 5.65 Å². The van der Waals surface area contributed by atoms with Crippen LogP contribution in [0.15, 0.2) is 36.7 Å². The van der Waals surface area contributed by atoms with E-state index < -0.39 is 17.9 Å². The largest absolute Gasteiger partial charge is 0.433 e. The van der Waals surface area contributed by atoms with Gasteiger partial charge in [0, 0.05) is 36.3 Å². The van der Waals surface area contributed by atoms with Crippen molar-refractivity contribution in [3.05, 3.63) is 59.3 Å². The minimum atomic E-state index is -4.55. The first-order valence-corrected chi connectivity index (χ1v) is 9.56. The van der Waals surface area contributed by atoms with Gasteiger partial charge < -0.3 is 4.90 Å². The number of amides is 1. The van der Waals surface area contributed by atoms with Crippen LogP contribution in [0.3, 0.4) is 0 Å². The molecule has 152 valence electrons. The average molecular weight is 403 g/mol. The fraction of sp³-hybridized carbons (Fsp3) is 0.400. The fourth-order valence-corrected chi connectivity index (χ4v) is 3.73. The number of aryl methyl sites for hydroxylation is 1. The lowest BCUT2D eigenvalue weighted by Crippen LogP contribution is -2.38. The van der Waals surface area contributed by atoms with Gasteiger partial charge in [-0.05, 0) is 43.9 Å². The van der Waals surface area contributed by atoms with Gasteiger partial charge in [-0.1, -0.05) is 6.92 Å². The molecule has 1 aliphatic heterocycles. The lowest BCUT2D eigenvalue weighted by atomic mass is 9.98. The van der Waals surface area contributed by atoms with E-state index in [9.17, 15) is 18.0 Å². The molecule has 1 unspecified atom stereocenters. The highest BCUT2D eigenvalue weighted by molar-refractivity contribution is 5.94. The molecule has 0 aromatic carbocycles. The van der Waals surface area contributed by atoms with Crippen LogP contribution in [-0.4, -0.2) is 36.9 Å². The number of likely N-dealkylation sites (tertiary alicyclic amines) is 1. The lowest BCUT2D eigenvalue weighted by molar-refractivity contribution is -0.142. The third-order valence-corrected chi connectivity index (χ3v) is 5.18. The molecule has 6 nitrogen and oxygen atoms in total. The molecule has 0 N–H and O–H groups in total. The minimum absolute atomic E-state index is 0.147. The molecule has 0 spiro atoms. The maximum Gasteiger partial charge on any atom is 0.433 e. The van der Waals surface area contributed by atoms with Crippen LogP contribution in [0, 0.1) is 0 Å². The van der Waals surface area contributed by atoms with Crippen LogP contribution in [0.25, 0.3) is 5.65 Å². The Labute approximate surface area is 165 Å².